The number of nitrogens with zero attached hydrogens (tertiary/aromatic N) is 1. The van der Waals surface area contributed by atoms with Crippen LogP contribution in [0.5, 0.6) is 0 Å². The average Bonchev–Trinajstić information content (AvgIpc) is 2.82. The van der Waals surface area contributed by atoms with Crippen molar-refractivity contribution in [2.45, 2.75) is 36.9 Å². The number of halogens is 4. The van der Waals surface area contributed by atoms with Crippen molar-refractivity contribution in [3.63, 3.8) is 0 Å². The van der Waals surface area contributed by atoms with Gasteiger partial charge >= 0.3 is 6.18 Å². The van der Waals surface area contributed by atoms with Gasteiger partial charge in [0.25, 0.3) is 0 Å². The van der Waals surface area contributed by atoms with Crippen molar-refractivity contribution in [2.75, 3.05) is 13.1 Å². The third kappa shape index (κ3) is 4.23. The van der Waals surface area contributed by atoms with Gasteiger partial charge < -0.3 is 4.90 Å². The second kappa shape index (κ2) is 6.67. The summed E-state index contributed by atoms with van der Waals surface area (Å²) in [5, 5.41) is 0. The molecule has 0 radical (unpaired) electrons. The Balaban J connectivity index is 2.16. The summed E-state index contributed by atoms with van der Waals surface area (Å²) >= 11 is 0. The summed E-state index contributed by atoms with van der Waals surface area (Å²) in [7, 11) is -4.27. The Morgan fingerprint density at radius 3 is 2.54 bits per heavy atom. The smallest absolute Gasteiger partial charge is 0.341 e. The van der Waals surface area contributed by atoms with Gasteiger partial charge in [-0.2, -0.15) is 13.2 Å². The van der Waals surface area contributed by atoms with E-state index < -0.39 is 38.5 Å². The summed E-state index contributed by atoms with van der Waals surface area (Å²) in [5.41, 5.74) is -1.65. The highest BCUT2D eigenvalue weighted by atomic mass is 32.2. The Bertz CT molecular complexity index is 734. The van der Waals surface area contributed by atoms with Crippen LogP contribution in [0.1, 0.15) is 25.3 Å². The Hall–Kier alpha value is -1.68. The maximum Gasteiger partial charge on any atom is 0.419 e. The molecule has 1 aliphatic heterocycles. The van der Waals surface area contributed by atoms with Crippen LogP contribution in [-0.4, -0.2) is 38.4 Å². The lowest BCUT2D eigenvalue weighted by Crippen LogP contribution is -2.42. The zero-order valence-electron chi connectivity index (χ0n) is 12.7. The minimum absolute atomic E-state index is 0.0952. The van der Waals surface area contributed by atoms with Crippen molar-refractivity contribution in [1.82, 2.24) is 9.62 Å². The quantitative estimate of drug-likeness (QED) is 0.810. The van der Waals surface area contributed by atoms with Crippen LogP contribution in [0, 0.1) is 5.82 Å². The summed E-state index contributed by atoms with van der Waals surface area (Å²) in [6, 6.07) is 0.786. The lowest BCUT2D eigenvalue weighted by atomic mass is 10.2. The molecule has 1 saturated heterocycles. The molecule has 134 valence electrons. The lowest BCUT2D eigenvalue weighted by Gasteiger charge is -2.21. The summed E-state index contributed by atoms with van der Waals surface area (Å²) in [4.78, 5) is 12.3. The molecule has 24 heavy (non-hydrogen) atoms. The van der Waals surface area contributed by atoms with E-state index in [0.29, 0.717) is 25.5 Å². The number of hydrogen-bond acceptors (Lipinski definition) is 3. The molecule has 1 fully saturated rings. The van der Waals surface area contributed by atoms with Gasteiger partial charge in [-0.3, -0.25) is 4.79 Å². The van der Waals surface area contributed by atoms with Gasteiger partial charge in [0.1, 0.15) is 5.82 Å². The van der Waals surface area contributed by atoms with E-state index in [1.54, 1.807) is 0 Å². The van der Waals surface area contributed by atoms with Crippen LogP contribution >= 0.6 is 0 Å². The van der Waals surface area contributed by atoms with Gasteiger partial charge in [-0.1, -0.05) is 0 Å². The van der Waals surface area contributed by atoms with E-state index in [4.69, 9.17) is 0 Å². The summed E-state index contributed by atoms with van der Waals surface area (Å²) < 4.78 is 77.9. The Morgan fingerprint density at radius 1 is 1.33 bits per heavy atom. The SMILES string of the molecule is C[C@@H](CN1CCCC1=O)NS(=O)(=O)c1ccc(F)c(C(F)(F)F)c1. The van der Waals surface area contributed by atoms with Crippen LogP contribution in [0.3, 0.4) is 0 Å². The van der Waals surface area contributed by atoms with Crippen LogP contribution in [0.25, 0.3) is 0 Å². The average molecular weight is 368 g/mol. The van der Waals surface area contributed by atoms with Crippen LogP contribution in [0.4, 0.5) is 17.6 Å². The Labute approximate surface area is 136 Å². The fraction of sp³-hybridized carbons (Fsp3) is 0.500. The van der Waals surface area contributed by atoms with E-state index in [1.165, 1.54) is 11.8 Å². The molecule has 1 aromatic rings. The third-order valence-electron chi connectivity index (χ3n) is 3.58. The first-order chi connectivity index (χ1) is 11.0. The molecular formula is C14H16F4N2O3S. The number of sulfonamides is 1. The van der Waals surface area contributed by atoms with Gasteiger partial charge in [-0.15, -0.1) is 0 Å². The van der Waals surface area contributed by atoms with Crippen LogP contribution in [0.15, 0.2) is 23.1 Å². The molecule has 1 aliphatic rings. The number of rotatable bonds is 5. The number of hydrogen-bond donors (Lipinski definition) is 1. The van der Waals surface area contributed by atoms with Crippen molar-refractivity contribution in [3.8, 4) is 0 Å². The van der Waals surface area contributed by atoms with E-state index in [-0.39, 0.29) is 18.5 Å². The topological polar surface area (TPSA) is 66.5 Å². The van der Waals surface area contributed by atoms with Crippen molar-refractivity contribution in [1.29, 1.82) is 0 Å². The molecule has 0 spiro atoms. The van der Waals surface area contributed by atoms with E-state index in [9.17, 15) is 30.8 Å². The maximum absolute atomic E-state index is 13.3. The molecular weight excluding hydrogens is 352 g/mol. The predicted octanol–water partition coefficient (Wildman–Crippen LogP) is 2.13. The predicted molar refractivity (Wildman–Crippen MR) is 77.0 cm³/mol. The number of amides is 1. The summed E-state index contributed by atoms with van der Waals surface area (Å²) in [6.07, 6.45) is -3.92. The Morgan fingerprint density at radius 2 is 2.00 bits per heavy atom. The van der Waals surface area contributed by atoms with Gasteiger partial charge in [0.2, 0.25) is 15.9 Å². The molecule has 1 heterocycles. The first-order valence-electron chi connectivity index (χ1n) is 7.17. The van der Waals surface area contributed by atoms with Crippen LogP contribution in [0.2, 0.25) is 0 Å². The van der Waals surface area contributed by atoms with E-state index >= 15 is 0 Å². The molecule has 0 unspecified atom stereocenters. The van der Waals surface area contributed by atoms with Crippen molar-refractivity contribution >= 4 is 15.9 Å². The first-order valence-corrected chi connectivity index (χ1v) is 8.66. The molecule has 2 rings (SSSR count). The van der Waals surface area contributed by atoms with Crippen LogP contribution < -0.4 is 4.72 Å². The number of nitrogens with one attached hydrogen (secondary N) is 1. The van der Waals surface area contributed by atoms with E-state index in [2.05, 4.69) is 4.72 Å². The molecule has 0 aromatic heterocycles. The summed E-state index contributed by atoms with van der Waals surface area (Å²) in [6.45, 7) is 2.13. The van der Waals surface area contributed by atoms with Gasteiger partial charge in [0.15, 0.2) is 0 Å². The first kappa shape index (κ1) is 18.7. The Kier molecular flexibility index (Phi) is 5.19. The second-order valence-electron chi connectivity index (χ2n) is 5.61. The molecule has 1 N–H and O–H groups in total. The highest BCUT2D eigenvalue weighted by Gasteiger charge is 2.35. The van der Waals surface area contributed by atoms with E-state index in [0.717, 1.165) is 6.07 Å². The molecule has 1 amide bonds. The number of alkyl halides is 3. The van der Waals surface area contributed by atoms with Crippen molar-refractivity contribution in [2.24, 2.45) is 0 Å². The molecule has 0 saturated carbocycles. The normalized spacial score (nSPS) is 17.4. The maximum atomic E-state index is 13.3. The van der Waals surface area contributed by atoms with Gasteiger partial charge in [-0.25, -0.2) is 17.5 Å². The number of carbonyl (C=O) groups is 1. The molecule has 1 aromatic carbocycles. The fourth-order valence-corrected chi connectivity index (χ4v) is 3.75. The summed E-state index contributed by atoms with van der Waals surface area (Å²) in [5.74, 6) is -1.64. The molecule has 1 atom stereocenters. The molecule has 0 bridgehead atoms. The minimum atomic E-state index is -5.00. The van der Waals surface area contributed by atoms with Crippen molar-refractivity contribution in [3.05, 3.63) is 29.6 Å². The highest BCUT2D eigenvalue weighted by molar-refractivity contribution is 7.89. The van der Waals surface area contributed by atoms with Gasteiger partial charge in [0.05, 0.1) is 10.5 Å². The van der Waals surface area contributed by atoms with Crippen LogP contribution in [-0.2, 0) is 21.0 Å². The van der Waals surface area contributed by atoms with Gasteiger partial charge in [-0.05, 0) is 31.5 Å². The zero-order chi connectivity index (χ0) is 18.1. The van der Waals surface area contributed by atoms with Gasteiger partial charge in [0, 0.05) is 25.6 Å². The van der Waals surface area contributed by atoms with Crippen molar-refractivity contribution < 1.29 is 30.8 Å². The number of carbonyl (C=O) groups excluding carboxylic acids is 1. The highest BCUT2D eigenvalue weighted by Crippen LogP contribution is 2.32. The number of benzene rings is 1. The van der Waals surface area contributed by atoms with E-state index in [1.807, 2.05) is 0 Å². The number of likely N-dealkylation sites (tertiary alicyclic amines) is 1. The monoisotopic (exact) mass is 368 g/mol. The fourth-order valence-electron chi connectivity index (χ4n) is 2.49. The molecule has 5 nitrogen and oxygen atoms in total. The largest absolute Gasteiger partial charge is 0.419 e. The standard InChI is InChI=1S/C14H16F4N2O3S/c1-9(8-20-6-2-3-13(20)21)19-24(22,23)10-4-5-12(15)11(7-10)14(16,17)18/h4-5,7,9,19H,2-3,6,8H2,1H3/t9-/m0/s1. The second-order valence-corrected chi connectivity index (χ2v) is 7.32. The lowest BCUT2D eigenvalue weighted by molar-refractivity contribution is -0.140. The molecule has 10 heteroatoms. The minimum Gasteiger partial charge on any atom is -0.341 e. The zero-order valence-corrected chi connectivity index (χ0v) is 13.5. The molecule has 0 aliphatic carbocycles. The third-order valence-corrected chi connectivity index (χ3v) is 5.16.